The number of allylic oxidation sites excluding steroid dienone is 8. The van der Waals surface area contributed by atoms with Crippen molar-refractivity contribution in [2.75, 3.05) is 0 Å². The van der Waals surface area contributed by atoms with Crippen molar-refractivity contribution in [1.29, 1.82) is 0 Å². The van der Waals surface area contributed by atoms with Gasteiger partial charge in [-0.3, -0.25) is 0 Å². The molecule has 2 fully saturated rings. The standard InChI is InChI=1S/2C11H15.C2H6Si.Zr/c2*1-2-9-7-10-5-3-4-6-11(10)8-9;1-3-2;/h2*3-5,7,9,11H,2,6,8H2,1H3;1-2H3;/q2*-1;;+2. The van der Waals surface area contributed by atoms with Gasteiger partial charge in [-0.2, -0.15) is 0 Å². The first kappa shape index (κ1) is 22.1. The summed E-state index contributed by atoms with van der Waals surface area (Å²) < 4.78 is 0. The van der Waals surface area contributed by atoms with Gasteiger partial charge in [0.15, 0.2) is 0 Å². The summed E-state index contributed by atoms with van der Waals surface area (Å²) in [5, 5.41) is 0. The molecule has 0 heterocycles. The maximum absolute atomic E-state index is 2.47. The Morgan fingerprint density at radius 3 is 1.58 bits per heavy atom. The van der Waals surface area contributed by atoms with Gasteiger partial charge >= 0.3 is 41.9 Å². The van der Waals surface area contributed by atoms with Gasteiger partial charge in [0.2, 0.25) is 0 Å². The molecule has 0 aromatic carbocycles. The van der Waals surface area contributed by atoms with E-state index in [9.17, 15) is 0 Å². The van der Waals surface area contributed by atoms with Crippen molar-refractivity contribution in [1.82, 2.24) is 0 Å². The zero-order valence-corrected chi connectivity index (χ0v) is 20.6. The minimum absolute atomic E-state index is 0.210. The van der Waals surface area contributed by atoms with E-state index in [4.69, 9.17) is 0 Å². The third kappa shape index (κ3) is 7.08. The number of fused-ring (bicyclic) bond motifs is 2. The van der Waals surface area contributed by atoms with Crippen LogP contribution in [0.3, 0.4) is 0 Å². The van der Waals surface area contributed by atoms with Gasteiger partial charge in [-0.15, -0.1) is 24.3 Å². The maximum atomic E-state index is 2.47. The molecule has 4 rings (SSSR count). The quantitative estimate of drug-likeness (QED) is 0.317. The van der Waals surface area contributed by atoms with Crippen LogP contribution in [0.5, 0.6) is 0 Å². The fraction of sp³-hybridized carbons (Fsp3) is 0.583. The van der Waals surface area contributed by atoms with Crippen LogP contribution in [0.2, 0.25) is 13.1 Å². The van der Waals surface area contributed by atoms with Gasteiger partial charge in [-0.05, 0) is 24.7 Å². The molecule has 0 spiro atoms. The summed E-state index contributed by atoms with van der Waals surface area (Å²) in [5.74, 6) is 3.46. The summed E-state index contributed by atoms with van der Waals surface area (Å²) >= 11 is 1.74. The first-order chi connectivity index (χ1) is 12.5. The Balaban J connectivity index is 0.000000156. The van der Waals surface area contributed by atoms with Crippen molar-refractivity contribution in [3.05, 3.63) is 60.4 Å². The first-order valence-corrected chi connectivity index (χ1v) is 16.7. The van der Waals surface area contributed by atoms with Crippen LogP contribution in [-0.2, 0) is 23.3 Å². The molecule has 140 valence electrons. The van der Waals surface area contributed by atoms with E-state index in [1.165, 1.54) is 38.5 Å². The van der Waals surface area contributed by atoms with Crippen LogP contribution >= 0.6 is 0 Å². The van der Waals surface area contributed by atoms with Gasteiger partial charge in [-0.1, -0.05) is 51.4 Å². The molecule has 0 nitrogen and oxygen atoms in total. The molecule has 2 heteroatoms. The topological polar surface area (TPSA) is 0 Å². The monoisotopic (exact) mass is 442 g/mol. The fourth-order valence-electron chi connectivity index (χ4n) is 4.22. The van der Waals surface area contributed by atoms with Crippen LogP contribution in [0.1, 0.15) is 52.4 Å². The van der Waals surface area contributed by atoms with E-state index >= 15 is 0 Å². The fourth-order valence-corrected chi connectivity index (χ4v) is 4.22. The molecule has 0 amide bonds. The summed E-state index contributed by atoms with van der Waals surface area (Å²) in [6.07, 6.45) is 26.4. The third-order valence-electron chi connectivity index (χ3n) is 5.71. The van der Waals surface area contributed by atoms with E-state index < -0.39 is 0 Å². The van der Waals surface area contributed by atoms with Crippen molar-refractivity contribution < 1.29 is 23.3 Å². The Bertz CT molecular complexity index is 531. The molecule has 0 radical (unpaired) electrons. The molecule has 0 aromatic heterocycles. The van der Waals surface area contributed by atoms with E-state index in [-0.39, 0.29) is 5.43 Å². The third-order valence-corrected chi connectivity index (χ3v) is 5.71. The predicted molar refractivity (Wildman–Crippen MR) is 114 cm³/mol. The Morgan fingerprint density at radius 2 is 1.27 bits per heavy atom. The second-order valence-corrected chi connectivity index (χ2v) is 17.6. The molecular weight excluding hydrogens is 408 g/mol. The first-order valence-electron chi connectivity index (χ1n) is 10.5. The van der Waals surface area contributed by atoms with Gasteiger partial charge in [0.1, 0.15) is 0 Å². The molecule has 0 bridgehead atoms. The number of rotatable bonds is 2. The van der Waals surface area contributed by atoms with Gasteiger partial charge in [0, 0.05) is 0 Å². The summed E-state index contributed by atoms with van der Waals surface area (Å²) in [6.45, 7) is 9.19. The molecule has 2 saturated carbocycles. The van der Waals surface area contributed by atoms with Gasteiger partial charge in [0.05, 0.1) is 0 Å². The molecule has 4 aliphatic carbocycles. The van der Waals surface area contributed by atoms with Crippen LogP contribution in [0.15, 0.2) is 47.6 Å². The zero-order valence-electron chi connectivity index (χ0n) is 17.2. The number of hydrogen-bond acceptors (Lipinski definition) is 0. The molecule has 0 aromatic rings. The van der Waals surface area contributed by atoms with Crippen LogP contribution in [0, 0.1) is 36.5 Å². The van der Waals surface area contributed by atoms with Gasteiger partial charge in [-0.25, -0.2) is 36.1 Å². The molecule has 4 atom stereocenters. The molecule has 0 saturated heterocycles. The van der Waals surface area contributed by atoms with Crippen molar-refractivity contribution in [2.45, 2.75) is 65.5 Å². The van der Waals surface area contributed by atoms with Gasteiger partial charge in [0.25, 0.3) is 0 Å². The second-order valence-electron chi connectivity index (χ2n) is 8.20. The van der Waals surface area contributed by atoms with Crippen LogP contribution in [-0.4, -0.2) is 5.43 Å². The van der Waals surface area contributed by atoms with Crippen molar-refractivity contribution in [3.63, 3.8) is 0 Å². The van der Waals surface area contributed by atoms with E-state index in [1.54, 1.807) is 34.5 Å². The molecule has 0 aliphatic heterocycles. The van der Waals surface area contributed by atoms with Crippen molar-refractivity contribution in [3.8, 4) is 0 Å². The summed E-state index contributed by atoms with van der Waals surface area (Å²) in [4.78, 5) is 0. The van der Waals surface area contributed by atoms with Crippen LogP contribution in [0.25, 0.3) is 0 Å². The molecule has 0 N–H and O–H groups in total. The number of hydrogen-bond donors (Lipinski definition) is 0. The van der Waals surface area contributed by atoms with Crippen molar-refractivity contribution >= 4 is 5.43 Å². The summed E-state index contributed by atoms with van der Waals surface area (Å²) in [5.41, 5.74) is 3.40. The molecule has 4 aliphatic rings. The zero-order chi connectivity index (χ0) is 18.9. The van der Waals surface area contributed by atoms with Gasteiger partial charge < -0.3 is 0 Å². The van der Waals surface area contributed by atoms with Crippen LogP contribution < -0.4 is 0 Å². The van der Waals surface area contributed by atoms with Crippen LogP contribution in [0.4, 0.5) is 0 Å². The van der Waals surface area contributed by atoms with E-state index in [1.807, 2.05) is 0 Å². The Labute approximate surface area is 177 Å². The van der Waals surface area contributed by atoms with E-state index in [0.29, 0.717) is 0 Å². The normalized spacial score (nSPS) is 30.2. The molecule has 26 heavy (non-hydrogen) atoms. The molecular formula is C24H36SiZr. The second kappa shape index (κ2) is 11.6. The summed E-state index contributed by atoms with van der Waals surface area (Å²) in [6, 6.07) is 0. The van der Waals surface area contributed by atoms with E-state index in [0.717, 1.165) is 23.7 Å². The minimum atomic E-state index is 0.210. The molecule has 4 unspecified atom stereocenters. The van der Waals surface area contributed by atoms with Crippen molar-refractivity contribution in [2.24, 2.45) is 23.7 Å². The SMILES string of the molecule is CCC1[CH-]C2=CC=CCC2C1.CCC1[CH-]C2=CC=CCC2C1.C[Si](C)=[Zr+2]. The predicted octanol–water partition coefficient (Wildman–Crippen LogP) is 7.03. The Morgan fingerprint density at radius 1 is 0.885 bits per heavy atom. The summed E-state index contributed by atoms with van der Waals surface area (Å²) in [7, 11) is 0. The Kier molecular flexibility index (Phi) is 9.86. The average molecular weight is 444 g/mol. The Hall–Kier alpha value is -0.200. The average Bonchev–Trinajstić information content (AvgIpc) is 3.24. The van der Waals surface area contributed by atoms with E-state index in [2.05, 4.69) is 76.2 Å².